The average molecular weight is 190 g/mol. The van der Waals surface area contributed by atoms with Gasteiger partial charge in [0.2, 0.25) is 5.95 Å². The first-order valence-electron chi connectivity index (χ1n) is 3.78. The quantitative estimate of drug-likeness (QED) is 0.686. The number of hydrogen-bond donors (Lipinski definition) is 2. The summed E-state index contributed by atoms with van der Waals surface area (Å²) in [6, 6.07) is 0. The molecule has 1 amide bonds. The maximum atomic E-state index is 11.4. The summed E-state index contributed by atoms with van der Waals surface area (Å²) < 4.78 is 0. The molecule has 0 aliphatic carbocycles. The van der Waals surface area contributed by atoms with Gasteiger partial charge in [0.15, 0.2) is 0 Å². The van der Waals surface area contributed by atoms with Gasteiger partial charge in [-0.25, -0.2) is 15.1 Å². The first-order valence-corrected chi connectivity index (χ1v) is 3.78. The van der Waals surface area contributed by atoms with Crippen LogP contribution in [0.15, 0.2) is 25.0 Å². The monoisotopic (exact) mass is 190 g/mol. The van der Waals surface area contributed by atoms with Crippen molar-refractivity contribution in [2.45, 2.75) is 0 Å². The Bertz CT molecular complexity index is 411. The zero-order valence-electron chi connectivity index (χ0n) is 7.01. The van der Waals surface area contributed by atoms with Crippen LogP contribution in [0, 0.1) is 0 Å². The summed E-state index contributed by atoms with van der Waals surface area (Å²) in [4.78, 5) is 22.6. The topological polar surface area (TPSA) is 96.5 Å². The van der Waals surface area contributed by atoms with Gasteiger partial charge in [-0.2, -0.15) is 10.1 Å². The SMILES string of the molecule is O=C(Nc1ncn[nH]1)c1cncnc1. The van der Waals surface area contributed by atoms with Crippen LogP contribution in [0.4, 0.5) is 5.95 Å². The minimum absolute atomic E-state index is 0.291. The van der Waals surface area contributed by atoms with Gasteiger partial charge in [-0.3, -0.25) is 10.1 Å². The molecular weight excluding hydrogens is 184 g/mol. The Morgan fingerprint density at radius 1 is 1.29 bits per heavy atom. The summed E-state index contributed by atoms with van der Waals surface area (Å²) in [5, 5.41) is 8.58. The van der Waals surface area contributed by atoms with E-state index in [1.807, 2.05) is 0 Å². The van der Waals surface area contributed by atoms with E-state index in [1.165, 1.54) is 25.0 Å². The molecule has 14 heavy (non-hydrogen) atoms. The third-order valence-corrected chi connectivity index (χ3v) is 1.47. The normalized spacial score (nSPS) is 9.71. The van der Waals surface area contributed by atoms with Crippen molar-refractivity contribution in [3.63, 3.8) is 0 Å². The van der Waals surface area contributed by atoms with Crippen molar-refractivity contribution < 1.29 is 4.79 Å². The van der Waals surface area contributed by atoms with Gasteiger partial charge in [0.25, 0.3) is 5.91 Å². The molecule has 0 atom stereocenters. The van der Waals surface area contributed by atoms with Gasteiger partial charge >= 0.3 is 0 Å². The zero-order chi connectivity index (χ0) is 9.80. The molecule has 7 nitrogen and oxygen atoms in total. The number of hydrogen-bond acceptors (Lipinski definition) is 5. The van der Waals surface area contributed by atoms with Crippen molar-refractivity contribution >= 4 is 11.9 Å². The van der Waals surface area contributed by atoms with Crippen LogP contribution in [0.3, 0.4) is 0 Å². The highest BCUT2D eigenvalue weighted by molar-refractivity contribution is 6.02. The van der Waals surface area contributed by atoms with E-state index in [-0.39, 0.29) is 5.91 Å². The number of nitrogens with zero attached hydrogens (tertiary/aromatic N) is 4. The second-order valence-electron chi connectivity index (χ2n) is 2.42. The Morgan fingerprint density at radius 2 is 2.07 bits per heavy atom. The number of aromatic nitrogens is 5. The van der Waals surface area contributed by atoms with E-state index in [0.29, 0.717) is 11.5 Å². The van der Waals surface area contributed by atoms with E-state index >= 15 is 0 Å². The molecule has 2 N–H and O–H groups in total. The standard InChI is InChI=1S/C7H6N6O/c14-6(5-1-8-3-9-2-5)12-7-10-4-11-13-7/h1-4H,(H2,10,11,12,13,14). The number of nitrogens with one attached hydrogen (secondary N) is 2. The molecule has 0 spiro atoms. The molecular formula is C7H6N6O. The van der Waals surface area contributed by atoms with Crippen molar-refractivity contribution in [1.29, 1.82) is 0 Å². The lowest BCUT2D eigenvalue weighted by Gasteiger charge is -1.98. The third-order valence-electron chi connectivity index (χ3n) is 1.47. The molecule has 0 unspecified atom stereocenters. The fourth-order valence-electron chi connectivity index (χ4n) is 0.862. The van der Waals surface area contributed by atoms with Crippen LogP contribution in [0.5, 0.6) is 0 Å². The minimum Gasteiger partial charge on any atom is -0.291 e. The average Bonchev–Trinajstić information content (AvgIpc) is 2.72. The smallest absolute Gasteiger partial charge is 0.261 e. The second kappa shape index (κ2) is 3.60. The van der Waals surface area contributed by atoms with Gasteiger partial charge in [-0.05, 0) is 0 Å². The largest absolute Gasteiger partial charge is 0.291 e. The summed E-state index contributed by atoms with van der Waals surface area (Å²) in [6.45, 7) is 0. The van der Waals surface area contributed by atoms with Crippen LogP contribution < -0.4 is 5.32 Å². The van der Waals surface area contributed by atoms with Crippen molar-refractivity contribution in [2.24, 2.45) is 0 Å². The van der Waals surface area contributed by atoms with Gasteiger partial charge in [0, 0.05) is 12.4 Å². The van der Waals surface area contributed by atoms with E-state index in [1.54, 1.807) is 0 Å². The maximum absolute atomic E-state index is 11.4. The van der Waals surface area contributed by atoms with Crippen LogP contribution in [0.2, 0.25) is 0 Å². The van der Waals surface area contributed by atoms with Crippen LogP contribution >= 0.6 is 0 Å². The van der Waals surface area contributed by atoms with E-state index in [2.05, 4.69) is 30.5 Å². The van der Waals surface area contributed by atoms with E-state index in [9.17, 15) is 4.79 Å². The number of anilines is 1. The zero-order valence-corrected chi connectivity index (χ0v) is 7.01. The summed E-state index contributed by atoms with van der Waals surface area (Å²) in [7, 11) is 0. The molecule has 2 aromatic rings. The summed E-state index contributed by atoms with van der Waals surface area (Å²) in [5.41, 5.74) is 0.365. The van der Waals surface area contributed by atoms with E-state index < -0.39 is 0 Å². The molecule has 0 fully saturated rings. The molecule has 0 saturated heterocycles. The highest BCUT2D eigenvalue weighted by Crippen LogP contribution is 1.98. The Labute approximate surface area is 78.6 Å². The van der Waals surface area contributed by atoms with Gasteiger partial charge in [0.1, 0.15) is 12.7 Å². The number of rotatable bonds is 2. The predicted octanol–water partition coefficient (Wildman–Crippen LogP) is -0.153. The molecule has 0 radical (unpaired) electrons. The van der Waals surface area contributed by atoms with E-state index in [4.69, 9.17) is 0 Å². The van der Waals surface area contributed by atoms with Crippen molar-refractivity contribution in [2.75, 3.05) is 5.32 Å². The summed E-state index contributed by atoms with van der Waals surface area (Å²) >= 11 is 0. The molecule has 0 aliphatic heterocycles. The highest BCUT2D eigenvalue weighted by atomic mass is 16.1. The van der Waals surface area contributed by atoms with Crippen molar-refractivity contribution in [3.8, 4) is 0 Å². The van der Waals surface area contributed by atoms with Gasteiger partial charge in [-0.1, -0.05) is 0 Å². The highest BCUT2D eigenvalue weighted by Gasteiger charge is 2.06. The van der Waals surface area contributed by atoms with Crippen LogP contribution in [0.1, 0.15) is 10.4 Å². The Morgan fingerprint density at radius 3 is 2.71 bits per heavy atom. The predicted molar refractivity (Wildman–Crippen MR) is 46.4 cm³/mol. The van der Waals surface area contributed by atoms with Crippen LogP contribution in [0.25, 0.3) is 0 Å². The van der Waals surface area contributed by atoms with Gasteiger partial charge in [-0.15, -0.1) is 0 Å². The fraction of sp³-hybridized carbons (Fsp3) is 0. The number of carbonyl (C=O) groups is 1. The summed E-state index contributed by atoms with van der Waals surface area (Å²) in [5.74, 6) is -0.0406. The molecule has 0 bridgehead atoms. The Balaban J connectivity index is 2.11. The van der Waals surface area contributed by atoms with Crippen molar-refractivity contribution in [3.05, 3.63) is 30.6 Å². The molecule has 70 valence electrons. The number of amides is 1. The second-order valence-corrected chi connectivity index (χ2v) is 2.42. The maximum Gasteiger partial charge on any atom is 0.261 e. The molecule has 7 heteroatoms. The Kier molecular flexibility index (Phi) is 2.14. The van der Waals surface area contributed by atoms with Crippen LogP contribution in [-0.4, -0.2) is 31.1 Å². The van der Waals surface area contributed by atoms with Crippen molar-refractivity contribution in [1.82, 2.24) is 25.1 Å². The minimum atomic E-state index is -0.331. The first kappa shape index (κ1) is 8.30. The lowest BCUT2D eigenvalue weighted by molar-refractivity contribution is 0.102. The molecule has 2 heterocycles. The molecule has 0 saturated carbocycles. The molecule has 0 aromatic carbocycles. The number of carbonyl (C=O) groups excluding carboxylic acids is 1. The third kappa shape index (κ3) is 1.71. The lowest BCUT2D eigenvalue weighted by Crippen LogP contribution is -2.13. The lowest BCUT2D eigenvalue weighted by atomic mass is 10.3. The first-order chi connectivity index (χ1) is 6.86. The van der Waals surface area contributed by atoms with Crippen LogP contribution in [-0.2, 0) is 0 Å². The fourth-order valence-corrected chi connectivity index (χ4v) is 0.862. The number of H-pyrrole nitrogens is 1. The Hall–Kier alpha value is -2.31. The summed E-state index contributed by atoms with van der Waals surface area (Å²) in [6.07, 6.45) is 5.49. The molecule has 2 rings (SSSR count). The molecule has 0 aliphatic rings. The number of aromatic amines is 1. The molecule has 2 aromatic heterocycles. The van der Waals surface area contributed by atoms with Gasteiger partial charge in [0.05, 0.1) is 5.56 Å². The van der Waals surface area contributed by atoms with E-state index in [0.717, 1.165) is 0 Å². The van der Waals surface area contributed by atoms with Gasteiger partial charge < -0.3 is 0 Å².